The lowest BCUT2D eigenvalue weighted by molar-refractivity contribution is 0.515. The Balaban J connectivity index is 2.47. The second kappa shape index (κ2) is 4.03. The highest BCUT2D eigenvalue weighted by Gasteiger charge is 2.10. The van der Waals surface area contributed by atoms with Crippen molar-refractivity contribution in [3.8, 4) is 0 Å². The summed E-state index contributed by atoms with van der Waals surface area (Å²) < 4.78 is 0. The Morgan fingerprint density at radius 3 is 2.27 bits per heavy atom. The van der Waals surface area contributed by atoms with Crippen LogP contribution >= 0.6 is 0 Å². The predicted molar refractivity (Wildman–Crippen MR) is 65.7 cm³/mol. The van der Waals surface area contributed by atoms with Crippen molar-refractivity contribution in [1.29, 1.82) is 0 Å². The lowest BCUT2D eigenvalue weighted by Gasteiger charge is -2.16. The quantitative estimate of drug-likeness (QED) is 0.787. The summed E-state index contributed by atoms with van der Waals surface area (Å²) in [6.45, 7) is 4.31. The minimum atomic E-state index is 0.134. The van der Waals surface area contributed by atoms with Gasteiger partial charge in [-0.25, -0.2) is 0 Å². The van der Waals surface area contributed by atoms with Crippen LogP contribution in [0.2, 0.25) is 0 Å². The zero-order valence-electron chi connectivity index (χ0n) is 9.27. The standard InChI is InChI=1S/C14H17N/c1-10(2)14(15)13-8-7-11-5-3-4-6-12(11)9-13/h3-10,14H,15H2,1-2H3/t14-/m0/s1. The van der Waals surface area contributed by atoms with Crippen LogP contribution in [-0.2, 0) is 0 Å². The zero-order valence-corrected chi connectivity index (χ0v) is 9.27. The highest BCUT2D eigenvalue weighted by atomic mass is 14.6. The Hall–Kier alpha value is -1.34. The number of benzene rings is 2. The third-order valence-electron chi connectivity index (χ3n) is 2.88. The van der Waals surface area contributed by atoms with Crippen molar-refractivity contribution in [2.45, 2.75) is 19.9 Å². The van der Waals surface area contributed by atoms with E-state index in [0.717, 1.165) is 0 Å². The molecular formula is C14H17N. The van der Waals surface area contributed by atoms with Crippen LogP contribution in [0.3, 0.4) is 0 Å². The van der Waals surface area contributed by atoms with Crippen LogP contribution in [0.1, 0.15) is 25.5 Å². The summed E-state index contributed by atoms with van der Waals surface area (Å²) >= 11 is 0. The fraction of sp³-hybridized carbons (Fsp3) is 0.286. The monoisotopic (exact) mass is 199 g/mol. The van der Waals surface area contributed by atoms with E-state index in [1.165, 1.54) is 16.3 Å². The summed E-state index contributed by atoms with van der Waals surface area (Å²) in [6, 6.07) is 15.0. The highest BCUT2D eigenvalue weighted by molar-refractivity contribution is 5.83. The highest BCUT2D eigenvalue weighted by Crippen LogP contribution is 2.23. The van der Waals surface area contributed by atoms with Crippen molar-refractivity contribution in [3.05, 3.63) is 48.0 Å². The van der Waals surface area contributed by atoms with Gasteiger partial charge in [0, 0.05) is 6.04 Å². The lowest BCUT2D eigenvalue weighted by Crippen LogP contribution is -2.16. The van der Waals surface area contributed by atoms with E-state index < -0.39 is 0 Å². The number of nitrogens with two attached hydrogens (primary N) is 1. The summed E-state index contributed by atoms with van der Waals surface area (Å²) in [7, 11) is 0. The van der Waals surface area contributed by atoms with Crippen molar-refractivity contribution in [2.24, 2.45) is 11.7 Å². The van der Waals surface area contributed by atoms with Crippen LogP contribution in [0.4, 0.5) is 0 Å². The fourth-order valence-corrected chi connectivity index (χ4v) is 1.80. The normalized spacial score (nSPS) is 13.3. The molecule has 0 radical (unpaired) electrons. The van der Waals surface area contributed by atoms with Gasteiger partial charge in [-0.15, -0.1) is 0 Å². The Morgan fingerprint density at radius 2 is 1.60 bits per heavy atom. The van der Waals surface area contributed by atoms with Crippen molar-refractivity contribution in [3.63, 3.8) is 0 Å². The van der Waals surface area contributed by atoms with Crippen LogP contribution in [0.5, 0.6) is 0 Å². The van der Waals surface area contributed by atoms with Gasteiger partial charge in [0.25, 0.3) is 0 Å². The van der Waals surface area contributed by atoms with Crippen molar-refractivity contribution < 1.29 is 0 Å². The number of hydrogen-bond donors (Lipinski definition) is 1. The van der Waals surface area contributed by atoms with Gasteiger partial charge in [0.2, 0.25) is 0 Å². The maximum absolute atomic E-state index is 6.13. The average Bonchev–Trinajstić information content (AvgIpc) is 2.27. The third-order valence-corrected chi connectivity index (χ3v) is 2.88. The summed E-state index contributed by atoms with van der Waals surface area (Å²) in [5, 5.41) is 2.54. The van der Waals surface area contributed by atoms with Gasteiger partial charge < -0.3 is 5.73 Å². The Bertz CT molecular complexity index is 460. The molecule has 0 spiro atoms. The smallest absolute Gasteiger partial charge is 0.0318 e. The molecular weight excluding hydrogens is 182 g/mol. The molecule has 78 valence electrons. The topological polar surface area (TPSA) is 26.0 Å². The molecule has 2 N–H and O–H groups in total. The van der Waals surface area contributed by atoms with Crippen LogP contribution in [0, 0.1) is 5.92 Å². The van der Waals surface area contributed by atoms with Crippen LogP contribution in [-0.4, -0.2) is 0 Å². The second-order valence-electron chi connectivity index (χ2n) is 4.38. The van der Waals surface area contributed by atoms with Gasteiger partial charge in [0.1, 0.15) is 0 Å². The van der Waals surface area contributed by atoms with Crippen LogP contribution < -0.4 is 5.73 Å². The first-order chi connectivity index (χ1) is 7.18. The van der Waals surface area contributed by atoms with Gasteiger partial charge in [-0.05, 0) is 28.3 Å². The van der Waals surface area contributed by atoms with E-state index in [0.29, 0.717) is 5.92 Å². The van der Waals surface area contributed by atoms with Crippen molar-refractivity contribution >= 4 is 10.8 Å². The van der Waals surface area contributed by atoms with E-state index in [4.69, 9.17) is 5.73 Å². The van der Waals surface area contributed by atoms with Gasteiger partial charge in [-0.3, -0.25) is 0 Å². The van der Waals surface area contributed by atoms with Crippen molar-refractivity contribution in [1.82, 2.24) is 0 Å². The van der Waals surface area contributed by atoms with E-state index in [9.17, 15) is 0 Å². The zero-order chi connectivity index (χ0) is 10.8. The minimum absolute atomic E-state index is 0.134. The molecule has 0 aliphatic heterocycles. The van der Waals surface area contributed by atoms with Crippen LogP contribution in [0.15, 0.2) is 42.5 Å². The fourth-order valence-electron chi connectivity index (χ4n) is 1.80. The lowest BCUT2D eigenvalue weighted by atomic mass is 9.95. The third kappa shape index (κ3) is 2.02. The van der Waals surface area contributed by atoms with Gasteiger partial charge in [0.05, 0.1) is 0 Å². The molecule has 0 aliphatic rings. The molecule has 0 unspecified atom stereocenters. The van der Waals surface area contributed by atoms with Gasteiger partial charge >= 0.3 is 0 Å². The number of hydrogen-bond acceptors (Lipinski definition) is 1. The van der Waals surface area contributed by atoms with Gasteiger partial charge in [0.15, 0.2) is 0 Å². The van der Waals surface area contributed by atoms with Crippen LogP contribution in [0.25, 0.3) is 10.8 Å². The molecule has 0 fully saturated rings. The molecule has 1 nitrogen and oxygen atoms in total. The molecule has 1 atom stereocenters. The molecule has 0 aromatic heterocycles. The molecule has 1 heteroatoms. The Labute approximate surface area is 90.9 Å². The molecule has 2 aromatic carbocycles. The average molecular weight is 199 g/mol. The molecule has 0 saturated carbocycles. The first kappa shape index (κ1) is 10.2. The largest absolute Gasteiger partial charge is 0.324 e. The summed E-state index contributed by atoms with van der Waals surface area (Å²) in [6.07, 6.45) is 0. The number of rotatable bonds is 2. The van der Waals surface area contributed by atoms with Gasteiger partial charge in [-0.1, -0.05) is 50.2 Å². The molecule has 0 aliphatic carbocycles. The first-order valence-electron chi connectivity index (χ1n) is 5.43. The number of fused-ring (bicyclic) bond motifs is 1. The Kier molecular flexibility index (Phi) is 2.74. The van der Waals surface area contributed by atoms with E-state index >= 15 is 0 Å². The molecule has 2 aromatic rings. The SMILES string of the molecule is CC(C)[C@H](N)c1ccc2ccccc2c1. The maximum Gasteiger partial charge on any atom is 0.0318 e. The maximum atomic E-state index is 6.13. The molecule has 0 amide bonds. The summed E-state index contributed by atoms with van der Waals surface area (Å²) in [5.74, 6) is 0.478. The van der Waals surface area contributed by atoms with E-state index in [2.05, 4.69) is 56.3 Å². The van der Waals surface area contributed by atoms with E-state index in [-0.39, 0.29) is 6.04 Å². The summed E-state index contributed by atoms with van der Waals surface area (Å²) in [4.78, 5) is 0. The van der Waals surface area contributed by atoms with Crippen molar-refractivity contribution in [2.75, 3.05) is 0 Å². The Morgan fingerprint density at radius 1 is 0.933 bits per heavy atom. The molecule has 0 bridgehead atoms. The molecule has 0 heterocycles. The molecule has 2 rings (SSSR count). The first-order valence-corrected chi connectivity index (χ1v) is 5.43. The summed E-state index contributed by atoms with van der Waals surface area (Å²) in [5.41, 5.74) is 7.35. The predicted octanol–water partition coefficient (Wildman–Crippen LogP) is 3.50. The molecule has 15 heavy (non-hydrogen) atoms. The van der Waals surface area contributed by atoms with Gasteiger partial charge in [-0.2, -0.15) is 0 Å². The molecule has 0 saturated heterocycles. The minimum Gasteiger partial charge on any atom is -0.324 e. The second-order valence-corrected chi connectivity index (χ2v) is 4.38. The van der Waals surface area contributed by atoms with E-state index in [1.807, 2.05) is 0 Å². The van der Waals surface area contributed by atoms with E-state index in [1.54, 1.807) is 0 Å².